The fraction of sp³-hybridized carbons (Fsp3) is 0.500. The summed E-state index contributed by atoms with van der Waals surface area (Å²) in [6.07, 6.45) is 0.648. The minimum atomic E-state index is -3.56. The molecule has 104 valence electrons. The van der Waals surface area contributed by atoms with Gasteiger partial charge in [0.2, 0.25) is 0 Å². The highest BCUT2D eigenvalue weighted by molar-refractivity contribution is 7.84. The van der Waals surface area contributed by atoms with E-state index in [-0.39, 0.29) is 12.6 Å². The molecule has 1 aromatic carbocycles. The number of rotatable bonds is 2. The summed E-state index contributed by atoms with van der Waals surface area (Å²) in [6, 6.07) is 3.50. The van der Waals surface area contributed by atoms with Crippen molar-refractivity contribution in [3.63, 3.8) is 0 Å². The van der Waals surface area contributed by atoms with E-state index in [9.17, 15) is 8.42 Å². The summed E-state index contributed by atoms with van der Waals surface area (Å²) in [6.45, 7) is 0.598. The fourth-order valence-corrected chi connectivity index (χ4v) is 3.90. The molecule has 0 radical (unpaired) electrons. The van der Waals surface area contributed by atoms with Crippen molar-refractivity contribution in [1.29, 1.82) is 0 Å². The molecule has 0 spiro atoms. The van der Waals surface area contributed by atoms with E-state index >= 15 is 0 Å². The molecule has 1 aromatic rings. The second-order valence-corrected chi connectivity index (χ2v) is 6.08. The monoisotopic (exact) mass is 285 g/mol. The molecule has 6 nitrogen and oxygen atoms in total. The molecule has 1 fully saturated rings. The highest BCUT2D eigenvalue weighted by Gasteiger charge is 2.43. The molecule has 3 rings (SSSR count). The minimum absolute atomic E-state index is 0.158. The molecular formula is C12H15NO5S. The predicted molar refractivity (Wildman–Crippen MR) is 67.6 cm³/mol. The maximum atomic E-state index is 11.7. The Kier molecular flexibility index (Phi) is 2.92. The van der Waals surface area contributed by atoms with E-state index in [1.54, 1.807) is 14.2 Å². The molecule has 0 aliphatic carbocycles. The maximum Gasteiger partial charge on any atom is 0.339 e. The number of hydrogen-bond donors (Lipinski definition) is 0. The van der Waals surface area contributed by atoms with Gasteiger partial charge in [-0.15, -0.1) is 0 Å². The van der Waals surface area contributed by atoms with Gasteiger partial charge in [0.1, 0.15) is 0 Å². The first-order valence-electron chi connectivity index (χ1n) is 5.98. The van der Waals surface area contributed by atoms with Crippen molar-refractivity contribution >= 4 is 10.3 Å². The minimum Gasteiger partial charge on any atom is -0.493 e. The molecule has 0 aromatic heterocycles. The lowest BCUT2D eigenvalue weighted by Gasteiger charge is -2.29. The molecule has 1 saturated heterocycles. The average Bonchev–Trinajstić information content (AvgIpc) is 2.73. The van der Waals surface area contributed by atoms with Crippen LogP contribution in [0.2, 0.25) is 0 Å². The molecule has 2 aliphatic heterocycles. The van der Waals surface area contributed by atoms with Gasteiger partial charge in [0, 0.05) is 6.54 Å². The third-order valence-corrected chi connectivity index (χ3v) is 5.06. The summed E-state index contributed by atoms with van der Waals surface area (Å²) in [4.78, 5) is 0. The van der Waals surface area contributed by atoms with E-state index in [1.807, 2.05) is 12.1 Å². The Bertz CT molecular complexity index is 613. The fourth-order valence-electron chi connectivity index (χ4n) is 2.66. The van der Waals surface area contributed by atoms with Crippen molar-refractivity contribution in [2.75, 3.05) is 27.4 Å². The van der Waals surface area contributed by atoms with E-state index in [0.717, 1.165) is 11.1 Å². The van der Waals surface area contributed by atoms with Crippen LogP contribution in [0.4, 0.5) is 0 Å². The lowest BCUT2D eigenvalue weighted by molar-refractivity contribution is 0.300. The zero-order valence-electron chi connectivity index (χ0n) is 10.8. The van der Waals surface area contributed by atoms with E-state index < -0.39 is 10.3 Å². The van der Waals surface area contributed by atoms with Crippen LogP contribution in [0.3, 0.4) is 0 Å². The topological polar surface area (TPSA) is 65.1 Å². The van der Waals surface area contributed by atoms with Crippen LogP contribution in [0, 0.1) is 0 Å². The standard InChI is InChI=1S/C12H15NO5S/c1-16-11-5-8-3-4-13-10(7-18-19(13,14)15)9(8)6-12(11)17-2/h5-6,10H,3-4,7H2,1-2H3. The summed E-state index contributed by atoms with van der Waals surface area (Å²) < 4.78 is 40.3. The van der Waals surface area contributed by atoms with Gasteiger partial charge in [0.25, 0.3) is 0 Å². The van der Waals surface area contributed by atoms with Gasteiger partial charge in [-0.05, 0) is 29.7 Å². The van der Waals surface area contributed by atoms with Gasteiger partial charge in [-0.3, -0.25) is 4.18 Å². The number of ether oxygens (including phenoxy) is 2. The lowest BCUT2D eigenvalue weighted by atomic mass is 9.94. The Hall–Kier alpha value is -1.31. The van der Waals surface area contributed by atoms with Gasteiger partial charge in [-0.1, -0.05) is 0 Å². The largest absolute Gasteiger partial charge is 0.493 e. The molecule has 2 heterocycles. The van der Waals surface area contributed by atoms with Gasteiger partial charge in [-0.25, -0.2) is 0 Å². The van der Waals surface area contributed by atoms with Crippen LogP contribution in [-0.2, 0) is 20.9 Å². The van der Waals surface area contributed by atoms with Crippen LogP contribution in [-0.4, -0.2) is 40.1 Å². The maximum absolute atomic E-state index is 11.7. The molecule has 0 saturated carbocycles. The third kappa shape index (κ3) is 1.89. The van der Waals surface area contributed by atoms with Gasteiger partial charge in [0.05, 0.1) is 26.9 Å². The number of nitrogens with zero attached hydrogens (tertiary/aromatic N) is 1. The van der Waals surface area contributed by atoms with Crippen LogP contribution in [0.25, 0.3) is 0 Å². The molecule has 2 aliphatic rings. The quantitative estimate of drug-likeness (QED) is 0.807. The first kappa shape index (κ1) is 12.7. The molecule has 19 heavy (non-hydrogen) atoms. The molecule has 7 heteroatoms. The van der Waals surface area contributed by atoms with Crippen molar-refractivity contribution in [1.82, 2.24) is 4.31 Å². The van der Waals surface area contributed by atoms with Crippen LogP contribution >= 0.6 is 0 Å². The Morgan fingerprint density at radius 3 is 2.63 bits per heavy atom. The van der Waals surface area contributed by atoms with Crippen LogP contribution in [0.5, 0.6) is 11.5 Å². The molecule has 1 unspecified atom stereocenters. The van der Waals surface area contributed by atoms with Crippen molar-refractivity contribution in [2.45, 2.75) is 12.5 Å². The molecular weight excluding hydrogens is 270 g/mol. The number of methoxy groups -OCH3 is 2. The lowest BCUT2D eigenvalue weighted by Crippen LogP contribution is -2.34. The summed E-state index contributed by atoms with van der Waals surface area (Å²) >= 11 is 0. The first-order valence-corrected chi connectivity index (χ1v) is 7.34. The number of benzene rings is 1. The Morgan fingerprint density at radius 1 is 1.26 bits per heavy atom. The Morgan fingerprint density at radius 2 is 1.95 bits per heavy atom. The molecule has 0 bridgehead atoms. The van der Waals surface area contributed by atoms with Crippen molar-refractivity contribution in [3.8, 4) is 11.5 Å². The summed E-state index contributed by atoms with van der Waals surface area (Å²) in [5, 5.41) is 0. The van der Waals surface area contributed by atoms with E-state index in [4.69, 9.17) is 13.7 Å². The SMILES string of the molecule is COc1cc2c(cc1OC)C1COS(=O)(=O)N1CC2. The van der Waals surface area contributed by atoms with Crippen molar-refractivity contribution < 1.29 is 22.1 Å². The van der Waals surface area contributed by atoms with Gasteiger partial charge in [0.15, 0.2) is 11.5 Å². The normalized spacial score (nSPS) is 24.6. The summed E-state index contributed by atoms with van der Waals surface area (Å²) in [7, 11) is -0.416. The van der Waals surface area contributed by atoms with Crippen LogP contribution in [0.1, 0.15) is 17.2 Å². The van der Waals surface area contributed by atoms with Gasteiger partial charge >= 0.3 is 10.3 Å². The zero-order valence-corrected chi connectivity index (χ0v) is 11.6. The highest BCUT2D eigenvalue weighted by atomic mass is 32.2. The molecule has 1 atom stereocenters. The molecule has 0 amide bonds. The van der Waals surface area contributed by atoms with E-state index in [0.29, 0.717) is 24.5 Å². The second-order valence-electron chi connectivity index (χ2n) is 4.52. The zero-order chi connectivity index (χ0) is 13.6. The van der Waals surface area contributed by atoms with Crippen LogP contribution in [0.15, 0.2) is 12.1 Å². The third-order valence-electron chi connectivity index (χ3n) is 3.62. The average molecular weight is 285 g/mol. The van der Waals surface area contributed by atoms with Crippen molar-refractivity contribution in [3.05, 3.63) is 23.3 Å². The predicted octanol–water partition coefficient (Wildman–Crippen LogP) is 0.878. The number of hydrogen-bond acceptors (Lipinski definition) is 5. The van der Waals surface area contributed by atoms with Crippen molar-refractivity contribution in [2.24, 2.45) is 0 Å². The smallest absolute Gasteiger partial charge is 0.339 e. The summed E-state index contributed by atoms with van der Waals surface area (Å²) in [5.74, 6) is 1.27. The van der Waals surface area contributed by atoms with Gasteiger partial charge in [-0.2, -0.15) is 12.7 Å². The second kappa shape index (κ2) is 4.36. The van der Waals surface area contributed by atoms with Gasteiger partial charge < -0.3 is 9.47 Å². The number of fused-ring (bicyclic) bond motifs is 3. The van der Waals surface area contributed by atoms with E-state index in [2.05, 4.69) is 0 Å². The van der Waals surface area contributed by atoms with E-state index in [1.165, 1.54) is 4.31 Å². The Balaban J connectivity index is 2.09. The Labute approximate surface area is 112 Å². The van der Waals surface area contributed by atoms with Crippen LogP contribution < -0.4 is 9.47 Å². The first-order chi connectivity index (χ1) is 9.06. The summed E-state index contributed by atoms with van der Waals surface area (Å²) in [5.41, 5.74) is 2.02. The molecule has 0 N–H and O–H groups in total. The highest BCUT2D eigenvalue weighted by Crippen LogP contribution is 2.41.